The maximum atomic E-state index is 5.49. The third-order valence-corrected chi connectivity index (χ3v) is 3.75. The summed E-state index contributed by atoms with van der Waals surface area (Å²) in [5, 5.41) is 3.26. The Balaban J connectivity index is 2.16. The lowest BCUT2D eigenvalue weighted by molar-refractivity contribution is 0.398. The van der Waals surface area contributed by atoms with Gasteiger partial charge >= 0.3 is 0 Å². The van der Waals surface area contributed by atoms with E-state index >= 15 is 0 Å². The van der Waals surface area contributed by atoms with Gasteiger partial charge in [-0.3, -0.25) is 0 Å². The van der Waals surface area contributed by atoms with E-state index < -0.39 is 0 Å². The smallest absolute Gasteiger partial charge is 0.142 e. The van der Waals surface area contributed by atoms with E-state index in [0.29, 0.717) is 6.04 Å². The first-order valence-electron chi connectivity index (χ1n) is 6.91. The Hall–Kier alpha value is -1.22. The number of methoxy groups -OCH3 is 1. The van der Waals surface area contributed by atoms with Crippen LogP contribution in [-0.4, -0.2) is 33.3 Å². The van der Waals surface area contributed by atoms with Crippen molar-refractivity contribution in [2.75, 3.05) is 32.1 Å². The van der Waals surface area contributed by atoms with Crippen LogP contribution in [0.3, 0.4) is 0 Å². The monoisotopic (exact) mass is 248 g/mol. The summed E-state index contributed by atoms with van der Waals surface area (Å²) in [6.45, 7) is 2.23. The molecule has 2 rings (SSSR count). The Labute approximate surface area is 110 Å². The van der Waals surface area contributed by atoms with Crippen molar-refractivity contribution >= 4 is 5.69 Å². The van der Waals surface area contributed by atoms with Gasteiger partial charge in [0.1, 0.15) is 5.75 Å². The van der Waals surface area contributed by atoms with Gasteiger partial charge in [0, 0.05) is 12.6 Å². The Morgan fingerprint density at radius 3 is 2.94 bits per heavy atom. The molecule has 3 nitrogen and oxygen atoms in total. The fraction of sp³-hybridized carbons (Fsp3) is 0.600. The number of hydrogen-bond acceptors (Lipinski definition) is 3. The fourth-order valence-corrected chi connectivity index (χ4v) is 2.80. The number of nitrogens with zero attached hydrogens (tertiary/aromatic N) is 1. The van der Waals surface area contributed by atoms with Crippen LogP contribution < -0.4 is 15.0 Å². The van der Waals surface area contributed by atoms with Crippen LogP contribution in [-0.2, 0) is 0 Å². The molecule has 100 valence electrons. The average molecular weight is 248 g/mol. The maximum Gasteiger partial charge on any atom is 0.142 e. The van der Waals surface area contributed by atoms with Crippen LogP contribution in [0.15, 0.2) is 24.3 Å². The zero-order valence-corrected chi connectivity index (χ0v) is 11.5. The van der Waals surface area contributed by atoms with Crippen molar-refractivity contribution in [1.82, 2.24) is 5.32 Å². The van der Waals surface area contributed by atoms with E-state index in [-0.39, 0.29) is 0 Å². The molecule has 1 aromatic carbocycles. The normalized spacial score (nSPS) is 19.9. The van der Waals surface area contributed by atoms with Crippen molar-refractivity contribution in [3.8, 4) is 5.75 Å². The number of anilines is 1. The van der Waals surface area contributed by atoms with E-state index in [1.54, 1.807) is 7.11 Å². The minimum absolute atomic E-state index is 0.641. The first-order valence-corrected chi connectivity index (χ1v) is 6.91. The number of rotatable bonds is 5. The second-order valence-electron chi connectivity index (χ2n) is 4.91. The third-order valence-electron chi connectivity index (χ3n) is 3.75. The topological polar surface area (TPSA) is 24.5 Å². The molecule has 0 spiro atoms. The van der Waals surface area contributed by atoms with Crippen molar-refractivity contribution in [3.63, 3.8) is 0 Å². The van der Waals surface area contributed by atoms with Crippen molar-refractivity contribution < 1.29 is 4.74 Å². The first kappa shape index (κ1) is 13.2. The highest BCUT2D eigenvalue weighted by Crippen LogP contribution is 2.33. The molecule has 1 saturated heterocycles. The molecule has 1 atom stereocenters. The molecule has 0 saturated carbocycles. The predicted octanol–water partition coefficient (Wildman–Crippen LogP) is 2.66. The van der Waals surface area contributed by atoms with Crippen LogP contribution >= 0.6 is 0 Å². The second kappa shape index (κ2) is 6.64. The van der Waals surface area contributed by atoms with Crippen LogP contribution in [0.4, 0.5) is 5.69 Å². The zero-order chi connectivity index (χ0) is 12.8. The van der Waals surface area contributed by atoms with Gasteiger partial charge in [-0.05, 0) is 51.4 Å². The van der Waals surface area contributed by atoms with Gasteiger partial charge in [-0.2, -0.15) is 0 Å². The molecule has 18 heavy (non-hydrogen) atoms. The highest BCUT2D eigenvalue weighted by atomic mass is 16.5. The van der Waals surface area contributed by atoms with E-state index in [1.165, 1.54) is 31.4 Å². The van der Waals surface area contributed by atoms with Crippen molar-refractivity contribution in [2.24, 2.45) is 0 Å². The van der Waals surface area contributed by atoms with Crippen LogP contribution in [0.2, 0.25) is 0 Å². The lowest BCUT2D eigenvalue weighted by Crippen LogP contribution is -2.41. The molecule has 1 aliphatic rings. The van der Waals surface area contributed by atoms with Crippen LogP contribution in [0.25, 0.3) is 0 Å². The van der Waals surface area contributed by atoms with Gasteiger partial charge in [-0.25, -0.2) is 0 Å². The summed E-state index contributed by atoms with van der Waals surface area (Å²) >= 11 is 0. The number of para-hydroxylation sites is 2. The standard InChI is InChI=1S/C15H24N2O/c1-16-11-10-13-7-5-6-12-17(13)14-8-3-4-9-15(14)18-2/h3-4,8-9,13,16H,5-7,10-12H2,1-2H3. The molecule has 1 aliphatic heterocycles. The summed E-state index contributed by atoms with van der Waals surface area (Å²) in [4.78, 5) is 2.53. The van der Waals surface area contributed by atoms with Gasteiger partial charge in [0.05, 0.1) is 12.8 Å². The van der Waals surface area contributed by atoms with Crippen molar-refractivity contribution in [1.29, 1.82) is 0 Å². The first-order chi connectivity index (χ1) is 8.86. The highest BCUT2D eigenvalue weighted by Gasteiger charge is 2.24. The SMILES string of the molecule is CNCCC1CCCCN1c1ccccc1OC. The van der Waals surface area contributed by atoms with Gasteiger partial charge in [0.25, 0.3) is 0 Å². The number of ether oxygens (including phenoxy) is 1. The molecule has 3 heteroatoms. The molecule has 0 bridgehead atoms. The van der Waals surface area contributed by atoms with E-state index in [9.17, 15) is 0 Å². The molecular weight excluding hydrogens is 224 g/mol. The summed E-state index contributed by atoms with van der Waals surface area (Å²) < 4.78 is 5.49. The zero-order valence-electron chi connectivity index (χ0n) is 11.5. The molecule has 0 radical (unpaired) electrons. The number of piperidine rings is 1. The summed E-state index contributed by atoms with van der Waals surface area (Å²) in [6.07, 6.45) is 5.13. The molecule has 0 amide bonds. The molecule has 1 unspecified atom stereocenters. The molecule has 1 heterocycles. The number of benzene rings is 1. The quantitative estimate of drug-likeness (QED) is 0.867. The van der Waals surface area contributed by atoms with Crippen LogP contribution in [0, 0.1) is 0 Å². The largest absolute Gasteiger partial charge is 0.495 e. The van der Waals surface area contributed by atoms with Gasteiger partial charge in [0.2, 0.25) is 0 Å². The number of hydrogen-bond donors (Lipinski definition) is 1. The molecule has 0 aromatic heterocycles. The van der Waals surface area contributed by atoms with E-state index in [2.05, 4.69) is 28.4 Å². The number of nitrogens with one attached hydrogen (secondary N) is 1. The molecular formula is C15H24N2O. The van der Waals surface area contributed by atoms with Gasteiger partial charge < -0.3 is 15.0 Å². The fourth-order valence-electron chi connectivity index (χ4n) is 2.80. The van der Waals surface area contributed by atoms with Crippen molar-refractivity contribution in [2.45, 2.75) is 31.7 Å². The lowest BCUT2D eigenvalue weighted by atomic mass is 9.98. The molecule has 1 N–H and O–H groups in total. The summed E-state index contributed by atoms with van der Waals surface area (Å²) in [5.41, 5.74) is 1.25. The Kier molecular flexibility index (Phi) is 4.88. The van der Waals surface area contributed by atoms with E-state index in [0.717, 1.165) is 18.8 Å². The average Bonchev–Trinajstić information content (AvgIpc) is 2.45. The summed E-state index contributed by atoms with van der Waals surface area (Å²) in [6, 6.07) is 9.01. The summed E-state index contributed by atoms with van der Waals surface area (Å²) in [5.74, 6) is 0.994. The Morgan fingerprint density at radius 1 is 1.33 bits per heavy atom. The molecule has 0 aliphatic carbocycles. The minimum Gasteiger partial charge on any atom is -0.495 e. The van der Waals surface area contributed by atoms with Crippen LogP contribution in [0.1, 0.15) is 25.7 Å². The molecule has 1 fully saturated rings. The maximum absolute atomic E-state index is 5.49. The minimum atomic E-state index is 0.641. The third kappa shape index (κ3) is 2.96. The molecule has 1 aromatic rings. The Morgan fingerprint density at radius 2 is 2.17 bits per heavy atom. The van der Waals surface area contributed by atoms with Gasteiger partial charge in [-0.15, -0.1) is 0 Å². The van der Waals surface area contributed by atoms with E-state index in [4.69, 9.17) is 4.74 Å². The summed E-state index contributed by atoms with van der Waals surface area (Å²) in [7, 11) is 3.78. The van der Waals surface area contributed by atoms with Crippen molar-refractivity contribution in [3.05, 3.63) is 24.3 Å². The highest BCUT2D eigenvalue weighted by molar-refractivity contribution is 5.59. The predicted molar refractivity (Wildman–Crippen MR) is 76.5 cm³/mol. The van der Waals surface area contributed by atoms with Crippen LogP contribution in [0.5, 0.6) is 5.75 Å². The lowest BCUT2D eigenvalue weighted by Gasteiger charge is -2.38. The van der Waals surface area contributed by atoms with Gasteiger partial charge in [-0.1, -0.05) is 12.1 Å². The van der Waals surface area contributed by atoms with Gasteiger partial charge in [0.15, 0.2) is 0 Å². The second-order valence-corrected chi connectivity index (χ2v) is 4.91. The Bertz CT molecular complexity index is 367. The van der Waals surface area contributed by atoms with E-state index in [1.807, 2.05) is 13.1 Å².